The fraction of sp³-hybridized carbons (Fsp3) is 1.00. The fourth-order valence-corrected chi connectivity index (χ4v) is 2.95. The molecular formula is C6H12F3N3O2S. The van der Waals surface area contributed by atoms with E-state index in [1.165, 1.54) is 0 Å². The summed E-state index contributed by atoms with van der Waals surface area (Å²) in [5.41, 5.74) is 5.16. The Bertz CT molecular complexity index is 316. The molecule has 1 heterocycles. The Hall–Kier alpha value is -0.380. The molecule has 0 aromatic heterocycles. The molecule has 0 saturated carbocycles. The van der Waals surface area contributed by atoms with Gasteiger partial charge in [-0.25, -0.2) is 0 Å². The van der Waals surface area contributed by atoms with Crippen LogP contribution in [0, 0.1) is 0 Å². The van der Waals surface area contributed by atoms with Gasteiger partial charge in [-0.05, 0) is 0 Å². The predicted molar refractivity (Wildman–Crippen MR) is 47.2 cm³/mol. The summed E-state index contributed by atoms with van der Waals surface area (Å²) in [7, 11) is -3.96. The Balaban J connectivity index is 2.72. The van der Waals surface area contributed by atoms with Crippen molar-refractivity contribution in [3.05, 3.63) is 0 Å². The third-order valence-corrected chi connectivity index (χ3v) is 3.97. The van der Waals surface area contributed by atoms with Crippen molar-refractivity contribution < 1.29 is 21.6 Å². The van der Waals surface area contributed by atoms with Crippen LogP contribution in [0.25, 0.3) is 0 Å². The molecule has 0 aromatic rings. The quantitative estimate of drug-likeness (QED) is 0.722. The molecule has 90 valence electrons. The number of nitrogens with zero attached hydrogens (tertiary/aromatic N) is 2. The lowest BCUT2D eigenvalue weighted by atomic mass is 10.5. The Morgan fingerprint density at radius 1 is 1.20 bits per heavy atom. The highest BCUT2D eigenvalue weighted by Gasteiger charge is 2.42. The molecule has 0 bridgehead atoms. The van der Waals surface area contributed by atoms with Crippen LogP contribution in [0.4, 0.5) is 13.2 Å². The van der Waals surface area contributed by atoms with Crippen LogP contribution in [-0.4, -0.2) is 55.9 Å². The van der Waals surface area contributed by atoms with Crippen molar-refractivity contribution in [3.8, 4) is 0 Å². The third kappa shape index (κ3) is 3.03. The average molecular weight is 247 g/mol. The molecule has 5 nitrogen and oxygen atoms in total. The smallest absolute Gasteiger partial charge is 0.329 e. The Kier molecular flexibility index (Phi) is 3.59. The van der Waals surface area contributed by atoms with E-state index in [0.29, 0.717) is 4.31 Å². The van der Waals surface area contributed by atoms with Crippen molar-refractivity contribution in [3.63, 3.8) is 0 Å². The standard InChI is InChI=1S/C6H12F3N3O2S/c7-6(8,9)5-12-4-3-11(2-1-10)15(12,13)14/h1-5,10H2. The Morgan fingerprint density at radius 3 is 2.20 bits per heavy atom. The zero-order valence-corrected chi connectivity index (χ0v) is 8.68. The number of alkyl halides is 3. The van der Waals surface area contributed by atoms with Crippen molar-refractivity contribution in [1.82, 2.24) is 8.61 Å². The molecule has 15 heavy (non-hydrogen) atoms. The molecule has 0 radical (unpaired) electrons. The molecule has 0 atom stereocenters. The molecule has 1 fully saturated rings. The van der Waals surface area contributed by atoms with Crippen LogP contribution in [0.5, 0.6) is 0 Å². The minimum atomic E-state index is -4.51. The summed E-state index contributed by atoms with van der Waals surface area (Å²) in [5, 5.41) is 0. The lowest BCUT2D eigenvalue weighted by Crippen LogP contribution is -2.40. The zero-order valence-electron chi connectivity index (χ0n) is 7.87. The van der Waals surface area contributed by atoms with Crippen LogP contribution in [-0.2, 0) is 10.2 Å². The molecule has 0 aromatic carbocycles. The first-order valence-electron chi connectivity index (χ1n) is 4.29. The van der Waals surface area contributed by atoms with E-state index in [4.69, 9.17) is 5.73 Å². The highest BCUT2D eigenvalue weighted by molar-refractivity contribution is 7.87. The van der Waals surface area contributed by atoms with Gasteiger partial charge in [0.1, 0.15) is 6.54 Å². The van der Waals surface area contributed by atoms with Gasteiger partial charge in [0.25, 0.3) is 10.2 Å². The minimum absolute atomic E-state index is 0.0523. The monoisotopic (exact) mass is 247 g/mol. The molecule has 0 aliphatic carbocycles. The van der Waals surface area contributed by atoms with Crippen molar-refractivity contribution in [2.24, 2.45) is 5.73 Å². The van der Waals surface area contributed by atoms with Crippen LogP contribution in [0.2, 0.25) is 0 Å². The molecule has 1 saturated heterocycles. The van der Waals surface area contributed by atoms with Gasteiger partial charge in [0.15, 0.2) is 0 Å². The molecule has 2 N–H and O–H groups in total. The highest BCUT2D eigenvalue weighted by atomic mass is 32.2. The lowest BCUT2D eigenvalue weighted by molar-refractivity contribution is -0.135. The Labute approximate surface area is 85.8 Å². The molecular weight excluding hydrogens is 235 g/mol. The van der Waals surface area contributed by atoms with E-state index in [-0.39, 0.29) is 26.2 Å². The summed E-state index contributed by atoms with van der Waals surface area (Å²) in [4.78, 5) is 0. The van der Waals surface area contributed by atoms with Gasteiger partial charge in [0, 0.05) is 26.2 Å². The highest BCUT2D eigenvalue weighted by Crippen LogP contribution is 2.23. The molecule has 1 aliphatic heterocycles. The van der Waals surface area contributed by atoms with Gasteiger partial charge in [0.2, 0.25) is 0 Å². The SMILES string of the molecule is NCCN1CCN(CC(F)(F)F)S1(=O)=O. The van der Waals surface area contributed by atoms with E-state index >= 15 is 0 Å². The number of hydrogen-bond donors (Lipinski definition) is 1. The number of rotatable bonds is 3. The second-order valence-electron chi connectivity index (χ2n) is 3.14. The second kappa shape index (κ2) is 4.24. The van der Waals surface area contributed by atoms with Crippen molar-refractivity contribution >= 4 is 10.2 Å². The van der Waals surface area contributed by atoms with Crippen LogP contribution in [0.1, 0.15) is 0 Å². The first-order chi connectivity index (χ1) is 6.77. The van der Waals surface area contributed by atoms with Gasteiger partial charge in [-0.2, -0.15) is 30.2 Å². The molecule has 0 spiro atoms. The van der Waals surface area contributed by atoms with E-state index in [1.54, 1.807) is 0 Å². The number of hydrogen-bond acceptors (Lipinski definition) is 3. The van der Waals surface area contributed by atoms with Crippen LogP contribution < -0.4 is 5.73 Å². The van der Waals surface area contributed by atoms with Crippen LogP contribution in [0.15, 0.2) is 0 Å². The summed E-state index contributed by atoms with van der Waals surface area (Å²) in [6.07, 6.45) is -4.51. The van der Waals surface area contributed by atoms with Gasteiger partial charge in [0.05, 0.1) is 0 Å². The average Bonchev–Trinajstić information content (AvgIpc) is 2.29. The summed E-state index contributed by atoms with van der Waals surface area (Å²) in [6.45, 7) is -1.36. The van der Waals surface area contributed by atoms with Gasteiger partial charge >= 0.3 is 6.18 Å². The maximum Gasteiger partial charge on any atom is 0.402 e. The maximum atomic E-state index is 12.0. The lowest BCUT2D eigenvalue weighted by Gasteiger charge is -2.18. The Morgan fingerprint density at radius 2 is 1.73 bits per heavy atom. The summed E-state index contributed by atoms with van der Waals surface area (Å²) < 4.78 is 60.3. The van der Waals surface area contributed by atoms with Crippen molar-refractivity contribution in [2.75, 3.05) is 32.7 Å². The first kappa shape index (κ1) is 12.7. The molecule has 9 heteroatoms. The van der Waals surface area contributed by atoms with E-state index in [2.05, 4.69) is 0 Å². The topological polar surface area (TPSA) is 66.6 Å². The summed E-state index contributed by atoms with van der Waals surface area (Å²) in [5.74, 6) is 0. The van der Waals surface area contributed by atoms with E-state index in [1.807, 2.05) is 0 Å². The third-order valence-electron chi connectivity index (χ3n) is 1.99. The first-order valence-corrected chi connectivity index (χ1v) is 5.69. The fourth-order valence-electron chi connectivity index (χ4n) is 1.35. The van der Waals surface area contributed by atoms with E-state index < -0.39 is 22.9 Å². The molecule has 0 amide bonds. The van der Waals surface area contributed by atoms with Crippen molar-refractivity contribution in [2.45, 2.75) is 6.18 Å². The van der Waals surface area contributed by atoms with Crippen LogP contribution in [0.3, 0.4) is 0 Å². The van der Waals surface area contributed by atoms with Gasteiger partial charge in [-0.3, -0.25) is 0 Å². The van der Waals surface area contributed by atoms with Gasteiger partial charge in [-0.1, -0.05) is 0 Å². The van der Waals surface area contributed by atoms with Gasteiger partial charge in [-0.15, -0.1) is 0 Å². The summed E-state index contributed by atoms with van der Waals surface area (Å²) in [6, 6.07) is 0. The summed E-state index contributed by atoms with van der Waals surface area (Å²) >= 11 is 0. The zero-order chi connectivity index (χ0) is 11.7. The van der Waals surface area contributed by atoms with Crippen LogP contribution >= 0.6 is 0 Å². The largest absolute Gasteiger partial charge is 0.402 e. The predicted octanol–water partition coefficient (Wildman–Crippen LogP) is -0.630. The molecule has 0 unspecified atom stereocenters. The number of nitrogens with two attached hydrogens (primary N) is 1. The minimum Gasteiger partial charge on any atom is -0.329 e. The number of halogens is 3. The molecule has 1 aliphatic rings. The second-order valence-corrected chi connectivity index (χ2v) is 5.07. The van der Waals surface area contributed by atoms with Gasteiger partial charge < -0.3 is 5.73 Å². The van der Waals surface area contributed by atoms with E-state index in [9.17, 15) is 21.6 Å². The maximum absolute atomic E-state index is 12.0. The van der Waals surface area contributed by atoms with Crippen molar-refractivity contribution in [1.29, 1.82) is 0 Å². The normalized spacial score (nSPS) is 23.5. The molecule has 1 rings (SSSR count). The van der Waals surface area contributed by atoms with E-state index in [0.717, 1.165) is 4.31 Å².